The highest BCUT2D eigenvalue weighted by Gasteiger charge is 2.41. The molecule has 2 heterocycles. The molecule has 0 aliphatic carbocycles. The molecule has 0 spiro atoms. The first kappa shape index (κ1) is 16.3. The van der Waals surface area contributed by atoms with E-state index in [1.54, 1.807) is 12.1 Å². The van der Waals surface area contributed by atoms with Crippen LogP contribution in [-0.4, -0.2) is 22.8 Å². The van der Waals surface area contributed by atoms with Crippen molar-refractivity contribution in [2.24, 2.45) is 0 Å². The topological polar surface area (TPSA) is 93.7 Å². The van der Waals surface area contributed by atoms with E-state index in [1.807, 2.05) is 0 Å². The molecule has 3 aromatic rings. The minimum atomic E-state index is -0.767. The van der Waals surface area contributed by atoms with Gasteiger partial charge >= 0.3 is 0 Å². The van der Waals surface area contributed by atoms with Gasteiger partial charge in [0.25, 0.3) is 11.6 Å². The second-order valence-corrected chi connectivity index (χ2v) is 6.42. The Morgan fingerprint density at radius 1 is 1.19 bits per heavy atom. The van der Waals surface area contributed by atoms with Crippen molar-refractivity contribution in [2.75, 3.05) is 7.05 Å². The zero-order chi connectivity index (χ0) is 18.6. The lowest BCUT2D eigenvalue weighted by Gasteiger charge is -2.20. The van der Waals surface area contributed by atoms with Crippen molar-refractivity contribution in [3.05, 3.63) is 84.7 Å². The predicted octanol–water partition coefficient (Wildman–Crippen LogP) is 3.53. The molecule has 0 saturated carbocycles. The summed E-state index contributed by atoms with van der Waals surface area (Å²) in [5.74, 6) is -0.505. The SMILES string of the molecule is CN1C(=O)c2oc3ccc(Cl)cc3c(=O)c2C1c1cccc([N+](=O)[O-])c1. The van der Waals surface area contributed by atoms with E-state index in [-0.39, 0.29) is 33.4 Å². The van der Waals surface area contributed by atoms with Gasteiger partial charge in [-0.2, -0.15) is 0 Å². The van der Waals surface area contributed by atoms with Crippen LogP contribution in [-0.2, 0) is 0 Å². The summed E-state index contributed by atoms with van der Waals surface area (Å²) in [6.45, 7) is 0. The van der Waals surface area contributed by atoms with Crippen molar-refractivity contribution in [1.82, 2.24) is 4.90 Å². The molecule has 1 unspecified atom stereocenters. The van der Waals surface area contributed by atoms with Crippen LogP contribution in [0.25, 0.3) is 11.0 Å². The number of hydrogen-bond donors (Lipinski definition) is 0. The molecule has 1 amide bonds. The molecule has 0 fully saturated rings. The van der Waals surface area contributed by atoms with Crippen molar-refractivity contribution in [3.63, 3.8) is 0 Å². The van der Waals surface area contributed by atoms with Gasteiger partial charge in [0.15, 0.2) is 5.43 Å². The smallest absolute Gasteiger partial charge is 0.290 e. The Bertz CT molecular complexity index is 1150. The molecule has 26 heavy (non-hydrogen) atoms. The summed E-state index contributed by atoms with van der Waals surface area (Å²) >= 11 is 5.98. The Morgan fingerprint density at radius 3 is 2.69 bits per heavy atom. The van der Waals surface area contributed by atoms with Gasteiger partial charge in [0.2, 0.25) is 5.76 Å². The molecule has 2 aromatic carbocycles. The lowest BCUT2D eigenvalue weighted by molar-refractivity contribution is -0.384. The Labute approximate surface area is 151 Å². The summed E-state index contributed by atoms with van der Waals surface area (Å²) in [5.41, 5.74) is 0.387. The number of hydrogen-bond acceptors (Lipinski definition) is 5. The largest absolute Gasteiger partial charge is 0.450 e. The van der Waals surface area contributed by atoms with Gasteiger partial charge in [0, 0.05) is 24.2 Å². The highest BCUT2D eigenvalue weighted by atomic mass is 35.5. The molecule has 0 bridgehead atoms. The Kier molecular flexibility index (Phi) is 3.55. The normalized spacial score (nSPS) is 16.2. The number of carbonyl (C=O) groups is 1. The van der Waals surface area contributed by atoms with E-state index in [1.165, 1.54) is 42.3 Å². The molecule has 1 atom stereocenters. The van der Waals surface area contributed by atoms with E-state index in [2.05, 4.69) is 0 Å². The number of nitro groups is 1. The van der Waals surface area contributed by atoms with Crippen LogP contribution in [0.15, 0.2) is 51.7 Å². The minimum absolute atomic E-state index is 0.0520. The third-order valence-corrected chi connectivity index (χ3v) is 4.69. The molecule has 0 N–H and O–H groups in total. The molecular weight excluding hydrogens is 360 g/mol. The Hall–Kier alpha value is -3.19. The first-order valence-electron chi connectivity index (χ1n) is 7.66. The lowest BCUT2D eigenvalue weighted by atomic mass is 9.98. The zero-order valence-electron chi connectivity index (χ0n) is 13.4. The number of nitro benzene ring substituents is 1. The minimum Gasteiger partial charge on any atom is -0.450 e. The molecule has 1 aliphatic heterocycles. The standard InChI is InChI=1S/C18H11ClN2O5/c1-20-15(9-3-2-4-11(7-9)21(24)25)14-16(22)12-8-10(19)5-6-13(12)26-17(14)18(20)23/h2-8,15H,1H3. The number of nitrogens with zero attached hydrogens (tertiary/aromatic N) is 2. The van der Waals surface area contributed by atoms with E-state index in [9.17, 15) is 19.7 Å². The summed E-state index contributed by atoms with van der Waals surface area (Å²) in [5, 5.41) is 11.7. The first-order valence-corrected chi connectivity index (χ1v) is 8.04. The van der Waals surface area contributed by atoms with E-state index >= 15 is 0 Å². The molecule has 0 saturated heterocycles. The number of benzene rings is 2. The maximum absolute atomic E-state index is 13.0. The number of non-ortho nitro benzene ring substituents is 1. The van der Waals surface area contributed by atoms with E-state index in [0.717, 1.165) is 0 Å². The summed E-state index contributed by atoms with van der Waals surface area (Å²) < 4.78 is 5.67. The lowest BCUT2D eigenvalue weighted by Crippen LogP contribution is -2.25. The number of carbonyl (C=O) groups excluding carboxylic acids is 1. The summed E-state index contributed by atoms with van der Waals surface area (Å²) in [7, 11) is 1.53. The van der Waals surface area contributed by atoms with Crippen LogP contribution in [0, 0.1) is 10.1 Å². The Morgan fingerprint density at radius 2 is 1.96 bits per heavy atom. The van der Waals surface area contributed by atoms with E-state index in [4.69, 9.17) is 16.0 Å². The second-order valence-electron chi connectivity index (χ2n) is 5.99. The third-order valence-electron chi connectivity index (χ3n) is 4.46. The molecule has 7 nitrogen and oxygen atoms in total. The molecule has 130 valence electrons. The highest BCUT2D eigenvalue weighted by molar-refractivity contribution is 6.31. The second kappa shape index (κ2) is 5.67. The molecule has 0 radical (unpaired) electrons. The van der Waals surface area contributed by atoms with E-state index < -0.39 is 16.9 Å². The number of amides is 1. The van der Waals surface area contributed by atoms with E-state index in [0.29, 0.717) is 10.6 Å². The van der Waals surface area contributed by atoms with Crippen LogP contribution >= 0.6 is 11.6 Å². The molecule has 1 aromatic heterocycles. The number of rotatable bonds is 2. The quantitative estimate of drug-likeness (QED) is 0.508. The van der Waals surface area contributed by atoms with Crippen molar-refractivity contribution in [3.8, 4) is 0 Å². The van der Waals surface area contributed by atoms with Crippen LogP contribution < -0.4 is 5.43 Å². The highest BCUT2D eigenvalue weighted by Crippen LogP contribution is 2.38. The molecular formula is C18H11ClN2O5. The summed E-state index contributed by atoms with van der Waals surface area (Å²) in [6.07, 6.45) is 0. The number of halogens is 1. The predicted molar refractivity (Wildman–Crippen MR) is 94.5 cm³/mol. The fourth-order valence-electron chi connectivity index (χ4n) is 3.26. The maximum Gasteiger partial charge on any atom is 0.290 e. The fourth-order valence-corrected chi connectivity index (χ4v) is 3.43. The van der Waals surface area contributed by atoms with Crippen LogP contribution in [0.2, 0.25) is 5.02 Å². The van der Waals surface area contributed by atoms with Crippen LogP contribution in [0.3, 0.4) is 0 Å². The van der Waals surface area contributed by atoms with Gasteiger partial charge in [-0.3, -0.25) is 19.7 Å². The fraction of sp³-hybridized carbons (Fsp3) is 0.111. The van der Waals surface area contributed by atoms with Crippen molar-refractivity contribution < 1.29 is 14.1 Å². The Balaban J connectivity index is 2.01. The van der Waals surface area contributed by atoms with Crippen LogP contribution in [0.5, 0.6) is 0 Å². The van der Waals surface area contributed by atoms with Gasteiger partial charge in [0.1, 0.15) is 5.58 Å². The summed E-state index contributed by atoms with van der Waals surface area (Å²) in [4.78, 5) is 37.5. The molecule has 8 heteroatoms. The number of fused-ring (bicyclic) bond motifs is 2. The molecule has 1 aliphatic rings. The van der Waals surface area contributed by atoms with Gasteiger partial charge in [0.05, 0.1) is 21.9 Å². The average molecular weight is 371 g/mol. The van der Waals surface area contributed by atoms with Gasteiger partial charge < -0.3 is 9.32 Å². The van der Waals surface area contributed by atoms with Crippen molar-refractivity contribution in [1.29, 1.82) is 0 Å². The average Bonchev–Trinajstić information content (AvgIpc) is 2.87. The molecule has 4 rings (SSSR count). The monoisotopic (exact) mass is 370 g/mol. The zero-order valence-corrected chi connectivity index (χ0v) is 14.2. The van der Waals surface area contributed by atoms with Gasteiger partial charge in [-0.05, 0) is 23.8 Å². The first-order chi connectivity index (χ1) is 12.4. The summed E-state index contributed by atoms with van der Waals surface area (Å²) in [6, 6.07) is 9.68. The van der Waals surface area contributed by atoms with Crippen molar-refractivity contribution in [2.45, 2.75) is 6.04 Å². The van der Waals surface area contributed by atoms with Crippen LogP contribution in [0.1, 0.15) is 27.7 Å². The van der Waals surface area contributed by atoms with Gasteiger partial charge in [-0.1, -0.05) is 23.7 Å². The van der Waals surface area contributed by atoms with Gasteiger partial charge in [-0.15, -0.1) is 0 Å². The van der Waals surface area contributed by atoms with Crippen molar-refractivity contribution >= 4 is 34.2 Å². The third kappa shape index (κ3) is 2.28. The van der Waals surface area contributed by atoms with Gasteiger partial charge in [-0.25, -0.2) is 0 Å². The maximum atomic E-state index is 13.0. The van der Waals surface area contributed by atoms with Crippen LogP contribution in [0.4, 0.5) is 5.69 Å².